The van der Waals surface area contributed by atoms with E-state index in [4.69, 9.17) is 0 Å². The zero-order valence-electron chi connectivity index (χ0n) is 10.6. The molecule has 18 heavy (non-hydrogen) atoms. The average Bonchev–Trinajstić information content (AvgIpc) is 2.81. The highest BCUT2D eigenvalue weighted by Crippen LogP contribution is 2.10. The van der Waals surface area contributed by atoms with Crippen molar-refractivity contribution in [3.63, 3.8) is 0 Å². The Morgan fingerprint density at radius 1 is 1.39 bits per heavy atom. The number of carbonyl (C=O) groups is 1. The summed E-state index contributed by atoms with van der Waals surface area (Å²) in [7, 11) is 1.82. The van der Waals surface area contributed by atoms with Gasteiger partial charge in [-0.15, -0.1) is 0 Å². The van der Waals surface area contributed by atoms with Crippen molar-refractivity contribution in [2.24, 2.45) is 0 Å². The second-order valence-corrected chi connectivity index (χ2v) is 4.30. The standard InChI is InChI=1S/C12H19N5O/c1-13-10-8-11(16-9-15-10)14-5-3-7-17-6-2-4-12(17)18/h8-9H,2-7H2,1H3,(H2,13,14,15,16). The molecule has 0 aromatic carbocycles. The second kappa shape index (κ2) is 6.18. The summed E-state index contributed by atoms with van der Waals surface area (Å²) in [5.74, 6) is 1.89. The smallest absolute Gasteiger partial charge is 0.222 e. The second-order valence-electron chi connectivity index (χ2n) is 4.30. The quantitative estimate of drug-likeness (QED) is 0.734. The molecule has 1 amide bonds. The van der Waals surface area contributed by atoms with Gasteiger partial charge in [0.05, 0.1) is 0 Å². The van der Waals surface area contributed by atoms with E-state index in [9.17, 15) is 4.79 Å². The lowest BCUT2D eigenvalue weighted by molar-refractivity contribution is -0.127. The molecule has 0 radical (unpaired) electrons. The molecule has 2 N–H and O–H groups in total. The molecule has 98 valence electrons. The van der Waals surface area contributed by atoms with Crippen LogP contribution in [0.15, 0.2) is 12.4 Å². The Kier molecular flexibility index (Phi) is 4.33. The number of nitrogens with zero attached hydrogens (tertiary/aromatic N) is 3. The fraction of sp³-hybridized carbons (Fsp3) is 0.583. The molecule has 0 unspecified atom stereocenters. The number of likely N-dealkylation sites (tertiary alicyclic amines) is 1. The minimum Gasteiger partial charge on any atom is -0.373 e. The van der Waals surface area contributed by atoms with Gasteiger partial charge in [0.2, 0.25) is 5.91 Å². The highest BCUT2D eigenvalue weighted by atomic mass is 16.2. The summed E-state index contributed by atoms with van der Waals surface area (Å²) >= 11 is 0. The molecule has 1 saturated heterocycles. The van der Waals surface area contributed by atoms with E-state index in [1.165, 1.54) is 6.33 Å². The van der Waals surface area contributed by atoms with Gasteiger partial charge in [0.15, 0.2) is 0 Å². The maximum absolute atomic E-state index is 11.4. The molecule has 0 atom stereocenters. The third-order valence-corrected chi connectivity index (χ3v) is 3.01. The first-order valence-corrected chi connectivity index (χ1v) is 6.31. The molecule has 1 aromatic rings. The zero-order valence-corrected chi connectivity index (χ0v) is 10.6. The Morgan fingerprint density at radius 3 is 2.94 bits per heavy atom. The minimum absolute atomic E-state index is 0.287. The Hall–Kier alpha value is -1.85. The van der Waals surface area contributed by atoms with Crippen molar-refractivity contribution in [3.8, 4) is 0 Å². The van der Waals surface area contributed by atoms with Crippen LogP contribution in [-0.4, -0.2) is 47.5 Å². The van der Waals surface area contributed by atoms with Crippen molar-refractivity contribution in [1.29, 1.82) is 0 Å². The highest BCUT2D eigenvalue weighted by molar-refractivity contribution is 5.77. The molecule has 6 nitrogen and oxygen atoms in total. The van der Waals surface area contributed by atoms with E-state index in [1.807, 2.05) is 18.0 Å². The van der Waals surface area contributed by atoms with E-state index in [1.54, 1.807) is 0 Å². The number of aromatic nitrogens is 2. The number of anilines is 2. The first kappa shape index (κ1) is 12.6. The van der Waals surface area contributed by atoms with Crippen LogP contribution >= 0.6 is 0 Å². The molecule has 2 heterocycles. The first-order chi connectivity index (χ1) is 8.79. The van der Waals surface area contributed by atoms with Gasteiger partial charge in [-0.25, -0.2) is 9.97 Å². The van der Waals surface area contributed by atoms with Crippen molar-refractivity contribution in [2.45, 2.75) is 19.3 Å². The van der Waals surface area contributed by atoms with Gasteiger partial charge in [-0.05, 0) is 12.8 Å². The number of amides is 1. The SMILES string of the molecule is CNc1cc(NCCCN2CCCC2=O)ncn1. The molecular formula is C12H19N5O. The molecule has 1 aliphatic rings. The van der Waals surface area contributed by atoms with Gasteiger partial charge in [0.1, 0.15) is 18.0 Å². The van der Waals surface area contributed by atoms with Crippen molar-refractivity contribution in [1.82, 2.24) is 14.9 Å². The fourth-order valence-corrected chi connectivity index (χ4v) is 2.02. The van der Waals surface area contributed by atoms with Crippen molar-refractivity contribution >= 4 is 17.5 Å². The van der Waals surface area contributed by atoms with Gasteiger partial charge in [-0.1, -0.05) is 0 Å². The molecule has 0 spiro atoms. The van der Waals surface area contributed by atoms with E-state index in [0.29, 0.717) is 6.42 Å². The minimum atomic E-state index is 0.287. The molecule has 0 bridgehead atoms. The molecule has 1 aliphatic heterocycles. The van der Waals surface area contributed by atoms with Gasteiger partial charge >= 0.3 is 0 Å². The van der Waals surface area contributed by atoms with Gasteiger partial charge in [0, 0.05) is 39.2 Å². The Morgan fingerprint density at radius 2 is 2.22 bits per heavy atom. The normalized spacial score (nSPS) is 14.9. The average molecular weight is 249 g/mol. The fourth-order valence-electron chi connectivity index (χ4n) is 2.02. The maximum Gasteiger partial charge on any atom is 0.222 e. The predicted octanol–water partition coefficient (Wildman–Crippen LogP) is 0.943. The topological polar surface area (TPSA) is 70.2 Å². The predicted molar refractivity (Wildman–Crippen MR) is 70.5 cm³/mol. The summed E-state index contributed by atoms with van der Waals surface area (Å²) in [6.45, 7) is 2.55. The van der Waals surface area contributed by atoms with Gasteiger partial charge < -0.3 is 15.5 Å². The Bertz CT molecular complexity index is 409. The lowest BCUT2D eigenvalue weighted by Crippen LogP contribution is -2.27. The molecule has 0 saturated carbocycles. The van der Waals surface area contributed by atoms with Gasteiger partial charge in [-0.2, -0.15) is 0 Å². The van der Waals surface area contributed by atoms with Crippen molar-refractivity contribution in [3.05, 3.63) is 12.4 Å². The lowest BCUT2D eigenvalue weighted by Gasteiger charge is -2.15. The molecular weight excluding hydrogens is 230 g/mol. The number of hydrogen-bond acceptors (Lipinski definition) is 5. The van der Waals surface area contributed by atoms with Crippen LogP contribution < -0.4 is 10.6 Å². The Labute approximate surface area is 107 Å². The molecule has 1 aromatic heterocycles. The summed E-state index contributed by atoms with van der Waals surface area (Å²) in [5, 5.41) is 6.19. The molecule has 0 aliphatic carbocycles. The number of rotatable bonds is 6. The third kappa shape index (κ3) is 3.32. The monoisotopic (exact) mass is 249 g/mol. The van der Waals surface area contributed by atoms with E-state index in [2.05, 4.69) is 20.6 Å². The van der Waals surface area contributed by atoms with Crippen molar-refractivity contribution in [2.75, 3.05) is 37.3 Å². The van der Waals surface area contributed by atoms with Crippen LogP contribution in [0.3, 0.4) is 0 Å². The van der Waals surface area contributed by atoms with E-state index >= 15 is 0 Å². The van der Waals surface area contributed by atoms with Crippen LogP contribution in [-0.2, 0) is 4.79 Å². The van der Waals surface area contributed by atoms with Crippen LogP contribution in [0.2, 0.25) is 0 Å². The summed E-state index contributed by atoms with van der Waals surface area (Å²) in [6.07, 6.45) is 4.18. The van der Waals surface area contributed by atoms with Gasteiger partial charge in [-0.3, -0.25) is 4.79 Å². The van der Waals surface area contributed by atoms with Crippen LogP contribution in [0.25, 0.3) is 0 Å². The summed E-state index contributed by atoms with van der Waals surface area (Å²) < 4.78 is 0. The summed E-state index contributed by atoms with van der Waals surface area (Å²) in [5.41, 5.74) is 0. The van der Waals surface area contributed by atoms with Crippen LogP contribution in [0.5, 0.6) is 0 Å². The van der Waals surface area contributed by atoms with Crippen LogP contribution in [0.4, 0.5) is 11.6 Å². The number of hydrogen-bond donors (Lipinski definition) is 2. The maximum atomic E-state index is 11.4. The van der Waals surface area contributed by atoms with E-state index in [0.717, 1.165) is 44.1 Å². The number of carbonyl (C=O) groups excluding carboxylic acids is 1. The molecule has 6 heteroatoms. The zero-order chi connectivity index (χ0) is 12.8. The summed E-state index contributed by atoms with van der Waals surface area (Å²) in [4.78, 5) is 21.5. The van der Waals surface area contributed by atoms with E-state index in [-0.39, 0.29) is 5.91 Å². The number of nitrogens with one attached hydrogen (secondary N) is 2. The summed E-state index contributed by atoms with van der Waals surface area (Å²) in [6, 6.07) is 1.86. The third-order valence-electron chi connectivity index (χ3n) is 3.01. The Balaban J connectivity index is 1.70. The lowest BCUT2D eigenvalue weighted by atomic mass is 10.4. The first-order valence-electron chi connectivity index (χ1n) is 6.31. The molecule has 1 fully saturated rings. The largest absolute Gasteiger partial charge is 0.373 e. The van der Waals surface area contributed by atoms with Crippen LogP contribution in [0, 0.1) is 0 Å². The van der Waals surface area contributed by atoms with Crippen molar-refractivity contribution < 1.29 is 4.79 Å². The molecule has 2 rings (SSSR count). The van der Waals surface area contributed by atoms with E-state index < -0.39 is 0 Å². The van der Waals surface area contributed by atoms with Crippen LogP contribution in [0.1, 0.15) is 19.3 Å². The van der Waals surface area contributed by atoms with Gasteiger partial charge in [0.25, 0.3) is 0 Å². The highest BCUT2D eigenvalue weighted by Gasteiger charge is 2.18.